The minimum atomic E-state index is -0.201. The zero-order valence-electron chi connectivity index (χ0n) is 16.3. The Kier molecular flexibility index (Phi) is 4.21. The first-order valence-electron chi connectivity index (χ1n) is 10.2. The highest BCUT2D eigenvalue weighted by molar-refractivity contribution is 5.97. The molecule has 3 heteroatoms. The van der Waals surface area contributed by atoms with Gasteiger partial charge in [-0.25, -0.2) is 4.39 Å². The molecule has 0 amide bonds. The fourth-order valence-corrected chi connectivity index (χ4v) is 4.40. The maximum atomic E-state index is 15.4. The van der Waals surface area contributed by atoms with Crippen molar-refractivity contribution in [3.8, 4) is 28.5 Å². The molecule has 1 aliphatic rings. The SMILES string of the molecule is CCCCc1ccc(-c2ccc3c4c([nH]c3c2F)-c2ccc(C#N)cc2C4)cc1. The lowest BCUT2D eigenvalue weighted by molar-refractivity contribution is 0.640. The number of aromatic amines is 1. The zero-order valence-corrected chi connectivity index (χ0v) is 16.3. The number of halogens is 1. The molecule has 0 bridgehead atoms. The van der Waals surface area contributed by atoms with Crippen molar-refractivity contribution in [3.05, 3.63) is 82.7 Å². The summed E-state index contributed by atoms with van der Waals surface area (Å²) in [5.74, 6) is -0.201. The molecule has 0 unspecified atom stereocenters. The van der Waals surface area contributed by atoms with Gasteiger partial charge in [0, 0.05) is 22.9 Å². The number of nitrogens with zero attached hydrogens (tertiary/aromatic N) is 1. The maximum absolute atomic E-state index is 15.4. The van der Waals surface area contributed by atoms with Crippen LogP contribution in [0.3, 0.4) is 0 Å². The van der Waals surface area contributed by atoms with Crippen molar-refractivity contribution in [1.29, 1.82) is 5.26 Å². The maximum Gasteiger partial charge on any atom is 0.155 e. The molecule has 0 saturated heterocycles. The zero-order chi connectivity index (χ0) is 20.0. The standard InChI is InChI=1S/C26H21FN2/c1-2-3-4-16-5-8-18(9-6-16)20-11-12-22-23-14-19-13-17(15-28)7-10-21(19)25(23)29-26(22)24(20)27/h5-13,29H,2-4,14H2,1H3. The fourth-order valence-electron chi connectivity index (χ4n) is 4.40. The largest absolute Gasteiger partial charge is 0.352 e. The molecule has 2 nitrogen and oxygen atoms in total. The molecule has 0 atom stereocenters. The van der Waals surface area contributed by atoms with Crippen molar-refractivity contribution in [2.45, 2.75) is 32.6 Å². The van der Waals surface area contributed by atoms with Crippen LogP contribution >= 0.6 is 0 Å². The van der Waals surface area contributed by atoms with Crippen LogP contribution in [0.4, 0.5) is 4.39 Å². The van der Waals surface area contributed by atoms with E-state index in [1.54, 1.807) is 0 Å². The van der Waals surface area contributed by atoms with E-state index in [1.165, 1.54) is 18.4 Å². The van der Waals surface area contributed by atoms with Crippen LogP contribution in [0.5, 0.6) is 0 Å². The summed E-state index contributed by atoms with van der Waals surface area (Å²) < 4.78 is 15.4. The number of hydrogen-bond acceptors (Lipinski definition) is 1. The Morgan fingerprint density at radius 2 is 1.83 bits per heavy atom. The normalized spacial score (nSPS) is 12.0. The molecular weight excluding hydrogens is 359 g/mol. The monoisotopic (exact) mass is 380 g/mol. The summed E-state index contributed by atoms with van der Waals surface area (Å²) in [6.45, 7) is 2.19. The molecule has 3 aromatic carbocycles. The van der Waals surface area contributed by atoms with E-state index in [0.717, 1.165) is 46.2 Å². The van der Waals surface area contributed by atoms with E-state index in [-0.39, 0.29) is 5.82 Å². The van der Waals surface area contributed by atoms with Crippen LogP contribution in [0.1, 0.15) is 42.0 Å². The van der Waals surface area contributed by atoms with Crippen LogP contribution in [0, 0.1) is 17.1 Å². The fraction of sp³-hybridized carbons (Fsp3) is 0.192. The smallest absolute Gasteiger partial charge is 0.155 e. The summed E-state index contributed by atoms with van der Waals surface area (Å²) in [4.78, 5) is 3.33. The molecular formula is C26H21FN2. The number of aryl methyl sites for hydroxylation is 1. The minimum absolute atomic E-state index is 0.201. The van der Waals surface area contributed by atoms with Crippen molar-refractivity contribution in [2.75, 3.05) is 0 Å². The minimum Gasteiger partial charge on any atom is -0.352 e. The third kappa shape index (κ3) is 2.84. The van der Waals surface area contributed by atoms with Gasteiger partial charge in [0.15, 0.2) is 5.82 Å². The highest BCUT2D eigenvalue weighted by Crippen LogP contribution is 2.42. The summed E-state index contributed by atoms with van der Waals surface area (Å²) in [5.41, 5.74) is 8.33. The van der Waals surface area contributed by atoms with E-state index in [4.69, 9.17) is 5.26 Å². The number of rotatable bonds is 4. The second-order valence-electron chi connectivity index (χ2n) is 7.79. The van der Waals surface area contributed by atoms with Crippen LogP contribution in [0.15, 0.2) is 54.6 Å². The van der Waals surface area contributed by atoms with E-state index < -0.39 is 0 Å². The lowest BCUT2D eigenvalue weighted by atomic mass is 9.99. The summed E-state index contributed by atoms with van der Waals surface area (Å²) in [7, 11) is 0. The first kappa shape index (κ1) is 17.7. The molecule has 29 heavy (non-hydrogen) atoms. The summed E-state index contributed by atoms with van der Waals surface area (Å²) in [6.07, 6.45) is 4.14. The first-order valence-corrected chi connectivity index (χ1v) is 10.2. The van der Waals surface area contributed by atoms with Gasteiger partial charge in [0.25, 0.3) is 0 Å². The van der Waals surface area contributed by atoms with Gasteiger partial charge in [0.2, 0.25) is 0 Å². The van der Waals surface area contributed by atoms with Crippen molar-refractivity contribution in [1.82, 2.24) is 4.98 Å². The van der Waals surface area contributed by atoms with Crippen molar-refractivity contribution >= 4 is 10.9 Å². The molecule has 1 aliphatic carbocycles. The Labute approximate surface area is 169 Å². The Hall–Kier alpha value is -3.38. The number of nitriles is 1. The topological polar surface area (TPSA) is 39.6 Å². The molecule has 5 rings (SSSR count). The number of H-pyrrole nitrogens is 1. The number of fused-ring (bicyclic) bond motifs is 5. The summed E-state index contributed by atoms with van der Waals surface area (Å²) in [6, 6.07) is 20.1. The molecule has 1 aromatic heterocycles. The van der Waals surface area contributed by atoms with Gasteiger partial charge in [0.05, 0.1) is 22.8 Å². The molecule has 0 saturated carbocycles. The molecule has 0 fully saturated rings. The number of unbranched alkanes of at least 4 members (excludes halogenated alkanes) is 1. The van der Waals surface area contributed by atoms with Gasteiger partial charge in [-0.1, -0.05) is 55.8 Å². The summed E-state index contributed by atoms with van der Waals surface area (Å²) in [5, 5.41) is 10.1. The van der Waals surface area contributed by atoms with Crippen LogP contribution in [0.2, 0.25) is 0 Å². The second-order valence-corrected chi connectivity index (χ2v) is 7.79. The van der Waals surface area contributed by atoms with Crippen molar-refractivity contribution in [2.24, 2.45) is 0 Å². The molecule has 4 aromatic rings. The molecule has 0 radical (unpaired) electrons. The molecule has 0 aliphatic heterocycles. The van der Waals surface area contributed by atoms with Crippen LogP contribution in [-0.4, -0.2) is 4.98 Å². The van der Waals surface area contributed by atoms with Gasteiger partial charge in [-0.15, -0.1) is 0 Å². The number of benzene rings is 3. The Balaban J connectivity index is 1.56. The quantitative estimate of drug-likeness (QED) is 0.368. The Morgan fingerprint density at radius 3 is 2.59 bits per heavy atom. The lowest BCUT2D eigenvalue weighted by Crippen LogP contribution is -1.90. The first-order chi connectivity index (χ1) is 14.2. The van der Waals surface area contributed by atoms with Gasteiger partial charge >= 0.3 is 0 Å². The molecule has 1 N–H and O–H groups in total. The van der Waals surface area contributed by atoms with E-state index in [2.05, 4.69) is 30.1 Å². The molecule has 142 valence electrons. The van der Waals surface area contributed by atoms with Gasteiger partial charge in [-0.2, -0.15) is 5.26 Å². The van der Waals surface area contributed by atoms with E-state index in [1.807, 2.05) is 42.5 Å². The van der Waals surface area contributed by atoms with Gasteiger partial charge in [0.1, 0.15) is 0 Å². The van der Waals surface area contributed by atoms with Crippen LogP contribution in [0.25, 0.3) is 33.3 Å². The van der Waals surface area contributed by atoms with E-state index in [0.29, 0.717) is 16.6 Å². The highest BCUT2D eigenvalue weighted by atomic mass is 19.1. The Morgan fingerprint density at radius 1 is 1.03 bits per heavy atom. The predicted octanol–water partition coefficient (Wildman–Crippen LogP) is 6.76. The average molecular weight is 380 g/mol. The predicted molar refractivity (Wildman–Crippen MR) is 115 cm³/mol. The number of aromatic nitrogens is 1. The van der Waals surface area contributed by atoms with E-state index in [9.17, 15) is 0 Å². The Bertz CT molecular complexity index is 1270. The third-order valence-electron chi connectivity index (χ3n) is 5.97. The molecule has 0 spiro atoms. The van der Waals surface area contributed by atoms with Crippen molar-refractivity contribution < 1.29 is 4.39 Å². The van der Waals surface area contributed by atoms with Crippen molar-refractivity contribution in [3.63, 3.8) is 0 Å². The summed E-state index contributed by atoms with van der Waals surface area (Å²) >= 11 is 0. The van der Waals surface area contributed by atoms with Gasteiger partial charge < -0.3 is 4.98 Å². The lowest BCUT2D eigenvalue weighted by Gasteiger charge is -2.07. The van der Waals surface area contributed by atoms with Gasteiger partial charge in [-0.3, -0.25) is 0 Å². The second kappa shape index (κ2) is 6.90. The van der Waals surface area contributed by atoms with Crippen LogP contribution in [-0.2, 0) is 12.8 Å². The molecule has 1 heterocycles. The van der Waals surface area contributed by atoms with Crippen LogP contribution < -0.4 is 0 Å². The average Bonchev–Trinajstić information content (AvgIpc) is 3.29. The van der Waals surface area contributed by atoms with Gasteiger partial charge in [-0.05, 0) is 47.2 Å². The van der Waals surface area contributed by atoms with E-state index >= 15 is 4.39 Å². The number of hydrogen-bond donors (Lipinski definition) is 1. The third-order valence-corrected chi connectivity index (χ3v) is 5.97. The number of nitrogens with one attached hydrogen (secondary N) is 1. The highest BCUT2D eigenvalue weighted by Gasteiger charge is 2.25.